The normalized spacial score (nSPS) is 15.1. The molecule has 0 atom stereocenters. The van der Waals surface area contributed by atoms with Crippen LogP contribution in [0.4, 0.5) is 5.13 Å². The fourth-order valence-corrected chi connectivity index (χ4v) is 4.78. The van der Waals surface area contributed by atoms with Gasteiger partial charge in [-0.15, -0.1) is 11.3 Å². The summed E-state index contributed by atoms with van der Waals surface area (Å²) in [7, 11) is 0. The molecule has 3 aromatic rings. The lowest BCUT2D eigenvalue weighted by atomic mass is 9.90. The molecule has 0 bridgehead atoms. The standard InChI is InChI=1S/C23H19N3O3S/c27-20(12-26-21(28)17-7-3-4-8-18(17)22(26)29)25-23-24-19(13-30-23)16-10-9-14-5-1-2-6-15(14)11-16/h3-4,7-11,13H,1-2,5-6,12H2,(H,24,25,27). The van der Waals surface area contributed by atoms with E-state index in [4.69, 9.17) is 0 Å². The lowest BCUT2D eigenvalue weighted by Gasteiger charge is -2.16. The summed E-state index contributed by atoms with van der Waals surface area (Å²) >= 11 is 1.33. The third-order valence-electron chi connectivity index (χ3n) is 5.57. The molecule has 2 heterocycles. The van der Waals surface area contributed by atoms with Gasteiger partial charge >= 0.3 is 0 Å². The molecule has 1 N–H and O–H groups in total. The summed E-state index contributed by atoms with van der Waals surface area (Å²) in [5.41, 5.74) is 5.30. The summed E-state index contributed by atoms with van der Waals surface area (Å²) in [5, 5.41) is 5.06. The number of benzene rings is 2. The first kappa shape index (κ1) is 18.7. The summed E-state index contributed by atoms with van der Waals surface area (Å²) in [6.45, 7) is -0.333. The van der Waals surface area contributed by atoms with Crippen molar-refractivity contribution in [2.75, 3.05) is 11.9 Å². The molecule has 0 fully saturated rings. The van der Waals surface area contributed by atoms with Gasteiger partial charge in [0.2, 0.25) is 5.91 Å². The Bertz CT molecular complexity index is 1150. The molecule has 2 aliphatic rings. The highest BCUT2D eigenvalue weighted by molar-refractivity contribution is 7.14. The Morgan fingerprint density at radius 1 is 1.00 bits per heavy atom. The second-order valence-electron chi connectivity index (χ2n) is 7.52. The van der Waals surface area contributed by atoms with E-state index in [0.29, 0.717) is 16.3 Å². The van der Waals surface area contributed by atoms with Crippen molar-refractivity contribution in [2.45, 2.75) is 25.7 Å². The largest absolute Gasteiger partial charge is 0.300 e. The fraction of sp³-hybridized carbons (Fsp3) is 0.217. The smallest absolute Gasteiger partial charge is 0.262 e. The highest BCUT2D eigenvalue weighted by Gasteiger charge is 2.36. The number of nitrogens with one attached hydrogen (secondary N) is 1. The van der Waals surface area contributed by atoms with Gasteiger partial charge in [0.25, 0.3) is 11.8 Å². The predicted octanol–water partition coefficient (Wildman–Crippen LogP) is 3.92. The second-order valence-corrected chi connectivity index (χ2v) is 8.38. The number of rotatable bonds is 4. The third-order valence-corrected chi connectivity index (χ3v) is 6.33. The Morgan fingerprint density at radius 2 is 1.70 bits per heavy atom. The Morgan fingerprint density at radius 3 is 2.43 bits per heavy atom. The van der Waals surface area contributed by atoms with E-state index in [1.807, 2.05) is 5.38 Å². The number of thiazole rings is 1. The molecule has 1 aromatic heterocycles. The summed E-state index contributed by atoms with van der Waals surface area (Å²) in [6, 6.07) is 13.0. The van der Waals surface area contributed by atoms with Gasteiger partial charge in [0, 0.05) is 10.9 Å². The summed E-state index contributed by atoms with van der Waals surface area (Å²) in [6.07, 6.45) is 4.68. The molecular weight excluding hydrogens is 398 g/mol. The average Bonchev–Trinajstić information content (AvgIpc) is 3.32. The first-order valence-electron chi connectivity index (χ1n) is 9.93. The molecule has 1 aliphatic carbocycles. The van der Waals surface area contributed by atoms with Crippen molar-refractivity contribution >= 4 is 34.2 Å². The minimum atomic E-state index is -0.448. The Kier molecular flexibility index (Phi) is 4.67. The van der Waals surface area contributed by atoms with Crippen LogP contribution in [0.2, 0.25) is 0 Å². The predicted molar refractivity (Wildman–Crippen MR) is 115 cm³/mol. The van der Waals surface area contributed by atoms with E-state index in [-0.39, 0.29) is 6.54 Å². The van der Waals surface area contributed by atoms with Crippen molar-refractivity contribution in [1.29, 1.82) is 0 Å². The molecule has 0 spiro atoms. The number of hydrogen-bond acceptors (Lipinski definition) is 5. The molecule has 0 saturated heterocycles. The number of imide groups is 1. The number of fused-ring (bicyclic) bond motifs is 2. The average molecular weight is 417 g/mol. The van der Waals surface area contributed by atoms with Crippen LogP contribution in [0.15, 0.2) is 47.8 Å². The van der Waals surface area contributed by atoms with Gasteiger partial charge in [-0.1, -0.05) is 24.3 Å². The van der Waals surface area contributed by atoms with Gasteiger partial charge in [-0.2, -0.15) is 0 Å². The zero-order chi connectivity index (χ0) is 20.7. The number of carbonyl (C=O) groups excluding carboxylic acids is 3. The number of hydrogen-bond donors (Lipinski definition) is 1. The maximum Gasteiger partial charge on any atom is 0.262 e. The lowest BCUT2D eigenvalue weighted by Crippen LogP contribution is -2.37. The van der Waals surface area contributed by atoms with Crippen molar-refractivity contribution < 1.29 is 14.4 Å². The van der Waals surface area contributed by atoms with E-state index in [2.05, 4.69) is 28.5 Å². The molecular formula is C23H19N3O3S. The number of nitrogens with zero attached hydrogens (tertiary/aromatic N) is 2. The molecule has 1 aliphatic heterocycles. The maximum absolute atomic E-state index is 12.5. The molecule has 0 radical (unpaired) electrons. The molecule has 7 heteroatoms. The molecule has 2 aromatic carbocycles. The van der Waals surface area contributed by atoms with Crippen molar-refractivity contribution in [2.24, 2.45) is 0 Å². The van der Waals surface area contributed by atoms with Crippen LogP contribution in [0.5, 0.6) is 0 Å². The molecule has 6 nitrogen and oxygen atoms in total. The monoisotopic (exact) mass is 417 g/mol. The van der Waals surface area contributed by atoms with Crippen molar-refractivity contribution in [3.8, 4) is 11.3 Å². The first-order chi connectivity index (χ1) is 14.6. The highest BCUT2D eigenvalue weighted by atomic mass is 32.1. The SMILES string of the molecule is O=C(CN1C(=O)c2ccccc2C1=O)Nc1nc(-c2ccc3c(c2)CCCC3)cs1. The van der Waals surface area contributed by atoms with E-state index in [1.165, 1.54) is 35.3 Å². The van der Waals surface area contributed by atoms with E-state index >= 15 is 0 Å². The quantitative estimate of drug-likeness (QED) is 0.653. The Balaban J connectivity index is 1.27. The van der Waals surface area contributed by atoms with Crippen LogP contribution in [-0.4, -0.2) is 34.2 Å². The molecule has 5 rings (SSSR count). The van der Waals surface area contributed by atoms with Crippen LogP contribution in [0.25, 0.3) is 11.3 Å². The molecule has 30 heavy (non-hydrogen) atoms. The first-order valence-corrected chi connectivity index (χ1v) is 10.8. The minimum Gasteiger partial charge on any atom is -0.300 e. The van der Waals surface area contributed by atoms with Crippen LogP contribution < -0.4 is 5.32 Å². The number of anilines is 1. The van der Waals surface area contributed by atoms with E-state index in [0.717, 1.165) is 29.0 Å². The van der Waals surface area contributed by atoms with Gasteiger partial charge in [0.15, 0.2) is 5.13 Å². The molecule has 150 valence electrons. The second kappa shape index (κ2) is 7.50. The molecule has 0 unspecified atom stereocenters. The molecule has 0 saturated carbocycles. The zero-order valence-electron chi connectivity index (χ0n) is 16.2. The third kappa shape index (κ3) is 3.31. The van der Waals surface area contributed by atoms with Crippen molar-refractivity contribution in [1.82, 2.24) is 9.88 Å². The number of carbonyl (C=O) groups is 3. The van der Waals surface area contributed by atoms with E-state index in [9.17, 15) is 14.4 Å². The Hall–Kier alpha value is -3.32. The minimum absolute atomic E-state index is 0.333. The van der Waals surface area contributed by atoms with Gasteiger partial charge in [0.05, 0.1) is 16.8 Å². The van der Waals surface area contributed by atoms with Crippen LogP contribution in [-0.2, 0) is 17.6 Å². The number of aryl methyl sites for hydroxylation is 2. The van der Waals surface area contributed by atoms with Crippen molar-refractivity contribution in [3.63, 3.8) is 0 Å². The van der Waals surface area contributed by atoms with Gasteiger partial charge < -0.3 is 5.32 Å². The molecule has 3 amide bonds. The van der Waals surface area contributed by atoms with Crippen LogP contribution >= 0.6 is 11.3 Å². The van der Waals surface area contributed by atoms with Gasteiger partial charge in [-0.25, -0.2) is 4.98 Å². The van der Waals surface area contributed by atoms with E-state index in [1.54, 1.807) is 24.3 Å². The number of amides is 3. The number of aromatic nitrogens is 1. The van der Waals surface area contributed by atoms with Crippen molar-refractivity contribution in [3.05, 3.63) is 70.1 Å². The topological polar surface area (TPSA) is 79.4 Å². The van der Waals surface area contributed by atoms with E-state index < -0.39 is 17.7 Å². The lowest BCUT2D eigenvalue weighted by molar-refractivity contribution is -0.116. The maximum atomic E-state index is 12.5. The van der Waals surface area contributed by atoms with Gasteiger partial charge in [0.1, 0.15) is 6.54 Å². The Labute approximate surface area is 177 Å². The van der Waals surface area contributed by atoms with Crippen LogP contribution in [0.1, 0.15) is 44.7 Å². The summed E-state index contributed by atoms with van der Waals surface area (Å²) < 4.78 is 0. The zero-order valence-corrected chi connectivity index (χ0v) is 17.0. The highest BCUT2D eigenvalue weighted by Crippen LogP contribution is 2.30. The van der Waals surface area contributed by atoms with Crippen LogP contribution in [0, 0.1) is 0 Å². The van der Waals surface area contributed by atoms with Crippen LogP contribution in [0.3, 0.4) is 0 Å². The van der Waals surface area contributed by atoms with Gasteiger partial charge in [-0.3, -0.25) is 19.3 Å². The fourth-order valence-electron chi connectivity index (χ4n) is 4.04. The summed E-state index contributed by atoms with van der Waals surface area (Å²) in [5.74, 6) is -1.34. The summed E-state index contributed by atoms with van der Waals surface area (Å²) in [4.78, 5) is 42.8. The van der Waals surface area contributed by atoms with Gasteiger partial charge in [-0.05, 0) is 55.0 Å².